The van der Waals surface area contributed by atoms with Crippen molar-refractivity contribution in [1.29, 1.82) is 0 Å². The minimum atomic E-state index is -0.0926. The Morgan fingerprint density at radius 3 is 2.29 bits per heavy atom. The van der Waals surface area contributed by atoms with Crippen molar-refractivity contribution < 1.29 is 0 Å². The van der Waals surface area contributed by atoms with Crippen molar-refractivity contribution in [2.45, 2.75) is 46.1 Å². The lowest BCUT2D eigenvalue weighted by molar-refractivity contribution is 0.445. The molecule has 0 saturated heterocycles. The zero-order valence-electron chi connectivity index (χ0n) is 9.53. The van der Waals surface area contributed by atoms with Gasteiger partial charge in [-0.15, -0.1) is 0 Å². The fraction of sp³-hybridized carbons (Fsp3) is 0.636. The summed E-state index contributed by atoms with van der Waals surface area (Å²) in [6, 6.07) is 1.67. The maximum atomic E-state index is 11.7. The van der Waals surface area contributed by atoms with E-state index in [2.05, 4.69) is 25.8 Å². The van der Waals surface area contributed by atoms with E-state index in [4.69, 9.17) is 0 Å². The molecule has 0 aromatic carbocycles. The van der Waals surface area contributed by atoms with E-state index in [-0.39, 0.29) is 17.0 Å². The Bertz CT molecular complexity index is 372. The molecule has 0 bridgehead atoms. The SMILES string of the molecule is CC(C)n1c(C(C)(C)C)nccc1=O. The standard InChI is InChI=1S/C11H18N2O/c1-8(2)13-9(14)6-7-12-10(13)11(3,4)5/h6-8H,1-5H3. The van der Waals surface area contributed by atoms with Crippen LogP contribution in [0.4, 0.5) is 0 Å². The number of rotatable bonds is 1. The molecule has 0 fully saturated rings. The molecule has 14 heavy (non-hydrogen) atoms. The van der Waals surface area contributed by atoms with E-state index in [1.165, 1.54) is 6.07 Å². The average Bonchev–Trinajstić information content (AvgIpc) is 2.01. The first-order valence-electron chi connectivity index (χ1n) is 4.92. The highest BCUT2D eigenvalue weighted by atomic mass is 16.1. The minimum Gasteiger partial charge on any atom is -0.294 e. The number of nitrogens with zero attached hydrogens (tertiary/aromatic N) is 2. The third-order valence-corrected chi connectivity index (χ3v) is 2.07. The third kappa shape index (κ3) is 2.03. The summed E-state index contributed by atoms with van der Waals surface area (Å²) in [5, 5.41) is 0. The van der Waals surface area contributed by atoms with Crippen LogP contribution in [0.1, 0.15) is 46.5 Å². The molecule has 0 saturated carbocycles. The molecule has 78 valence electrons. The smallest absolute Gasteiger partial charge is 0.253 e. The molecule has 0 radical (unpaired) electrons. The molecule has 0 atom stereocenters. The van der Waals surface area contributed by atoms with Crippen LogP contribution in [0, 0.1) is 0 Å². The summed E-state index contributed by atoms with van der Waals surface area (Å²) in [5.41, 5.74) is -0.0649. The Morgan fingerprint density at radius 2 is 1.93 bits per heavy atom. The highest BCUT2D eigenvalue weighted by molar-refractivity contribution is 5.05. The lowest BCUT2D eigenvalue weighted by atomic mass is 9.95. The van der Waals surface area contributed by atoms with Gasteiger partial charge in [0.15, 0.2) is 0 Å². The summed E-state index contributed by atoms with van der Waals surface area (Å²) in [7, 11) is 0. The Morgan fingerprint density at radius 1 is 1.36 bits per heavy atom. The van der Waals surface area contributed by atoms with Gasteiger partial charge in [-0.3, -0.25) is 9.36 Å². The molecular formula is C11H18N2O. The lowest BCUT2D eigenvalue weighted by Gasteiger charge is -2.24. The molecule has 3 heteroatoms. The van der Waals surface area contributed by atoms with Crippen molar-refractivity contribution in [3.05, 3.63) is 28.4 Å². The fourth-order valence-electron chi connectivity index (χ4n) is 1.47. The van der Waals surface area contributed by atoms with Gasteiger partial charge in [-0.2, -0.15) is 0 Å². The second-order valence-corrected chi connectivity index (χ2v) is 4.82. The van der Waals surface area contributed by atoms with Gasteiger partial charge in [0.1, 0.15) is 5.82 Å². The second kappa shape index (κ2) is 3.56. The fourth-order valence-corrected chi connectivity index (χ4v) is 1.47. The molecule has 0 spiro atoms. The van der Waals surface area contributed by atoms with Crippen LogP contribution in [0.2, 0.25) is 0 Å². The van der Waals surface area contributed by atoms with Crippen LogP contribution >= 0.6 is 0 Å². The van der Waals surface area contributed by atoms with Crippen LogP contribution in [0.15, 0.2) is 17.1 Å². The first kappa shape index (κ1) is 11.0. The van der Waals surface area contributed by atoms with Gasteiger partial charge in [0, 0.05) is 23.7 Å². The van der Waals surface area contributed by atoms with Gasteiger partial charge in [0.05, 0.1) is 0 Å². The van der Waals surface area contributed by atoms with Gasteiger partial charge in [-0.1, -0.05) is 20.8 Å². The number of hydrogen-bond donors (Lipinski definition) is 0. The molecule has 0 aliphatic heterocycles. The molecule has 0 N–H and O–H groups in total. The summed E-state index contributed by atoms with van der Waals surface area (Å²) in [5.74, 6) is 0.847. The number of aromatic nitrogens is 2. The Hall–Kier alpha value is -1.12. The molecule has 1 rings (SSSR count). The molecule has 3 nitrogen and oxygen atoms in total. The minimum absolute atomic E-state index is 0.0277. The zero-order valence-corrected chi connectivity index (χ0v) is 9.53. The van der Waals surface area contributed by atoms with E-state index in [1.807, 2.05) is 13.8 Å². The van der Waals surface area contributed by atoms with E-state index in [1.54, 1.807) is 10.8 Å². The van der Waals surface area contributed by atoms with Gasteiger partial charge in [0.25, 0.3) is 5.56 Å². The molecule has 1 aromatic rings. The Kier molecular flexibility index (Phi) is 2.79. The van der Waals surface area contributed by atoms with Gasteiger partial charge in [-0.25, -0.2) is 4.98 Å². The maximum absolute atomic E-state index is 11.7. The molecule has 1 aromatic heterocycles. The topological polar surface area (TPSA) is 34.9 Å². The van der Waals surface area contributed by atoms with Crippen molar-refractivity contribution in [3.63, 3.8) is 0 Å². The van der Waals surface area contributed by atoms with Crippen LogP contribution in [0.3, 0.4) is 0 Å². The first-order valence-corrected chi connectivity index (χ1v) is 4.92. The van der Waals surface area contributed by atoms with Crippen LogP contribution in [0.5, 0.6) is 0 Å². The van der Waals surface area contributed by atoms with Gasteiger partial charge < -0.3 is 0 Å². The summed E-state index contributed by atoms with van der Waals surface area (Å²) in [6.07, 6.45) is 1.59. The molecule has 0 aliphatic rings. The first-order chi connectivity index (χ1) is 6.34. The third-order valence-electron chi connectivity index (χ3n) is 2.07. The van der Waals surface area contributed by atoms with E-state index in [9.17, 15) is 4.79 Å². The van der Waals surface area contributed by atoms with Crippen LogP contribution < -0.4 is 5.56 Å². The van der Waals surface area contributed by atoms with E-state index >= 15 is 0 Å². The van der Waals surface area contributed by atoms with Crippen LogP contribution in [-0.2, 0) is 5.41 Å². The average molecular weight is 194 g/mol. The largest absolute Gasteiger partial charge is 0.294 e. The lowest BCUT2D eigenvalue weighted by Crippen LogP contribution is -2.31. The zero-order chi connectivity index (χ0) is 10.9. The molecule has 1 heterocycles. The maximum Gasteiger partial charge on any atom is 0.253 e. The van der Waals surface area contributed by atoms with Crippen LogP contribution in [-0.4, -0.2) is 9.55 Å². The van der Waals surface area contributed by atoms with Crippen molar-refractivity contribution in [2.24, 2.45) is 0 Å². The normalized spacial score (nSPS) is 12.1. The molecule has 0 aliphatic carbocycles. The molecule has 0 amide bonds. The highest BCUT2D eigenvalue weighted by Gasteiger charge is 2.21. The summed E-state index contributed by atoms with van der Waals surface area (Å²) in [4.78, 5) is 15.9. The predicted molar refractivity (Wildman–Crippen MR) is 57.6 cm³/mol. The van der Waals surface area contributed by atoms with Gasteiger partial charge in [0.2, 0.25) is 0 Å². The Balaban J connectivity index is 3.44. The van der Waals surface area contributed by atoms with Crippen molar-refractivity contribution in [3.8, 4) is 0 Å². The van der Waals surface area contributed by atoms with Crippen molar-refractivity contribution >= 4 is 0 Å². The summed E-state index contributed by atoms with van der Waals surface area (Å²) >= 11 is 0. The van der Waals surface area contributed by atoms with Crippen molar-refractivity contribution in [2.75, 3.05) is 0 Å². The van der Waals surface area contributed by atoms with Crippen molar-refractivity contribution in [1.82, 2.24) is 9.55 Å². The quantitative estimate of drug-likeness (QED) is 0.686. The monoisotopic (exact) mass is 194 g/mol. The predicted octanol–water partition coefficient (Wildman–Crippen LogP) is 2.12. The van der Waals surface area contributed by atoms with E-state index < -0.39 is 0 Å². The van der Waals surface area contributed by atoms with E-state index in [0.717, 1.165) is 5.82 Å². The molecule has 0 unspecified atom stereocenters. The molecular weight excluding hydrogens is 176 g/mol. The summed E-state index contributed by atoms with van der Waals surface area (Å²) < 4.78 is 1.75. The second-order valence-electron chi connectivity index (χ2n) is 4.82. The van der Waals surface area contributed by atoms with Gasteiger partial charge in [-0.05, 0) is 13.8 Å². The summed E-state index contributed by atoms with van der Waals surface area (Å²) in [6.45, 7) is 10.2. The van der Waals surface area contributed by atoms with Gasteiger partial charge >= 0.3 is 0 Å². The number of hydrogen-bond acceptors (Lipinski definition) is 2. The highest BCUT2D eigenvalue weighted by Crippen LogP contribution is 2.20. The van der Waals surface area contributed by atoms with Crippen LogP contribution in [0.25, 0.3) is 0 Å². The Labute approximate surface area is 84.8 Å². The van der Waals surface area contributed by atoms with E-state index in [0.29, 0.717) is 0 Å².